The Balaban J connectivity index is 2.87. The predicted octanol–water partition coefficient (Wildman–Crippen LogP) is 2.68. The highest BCUT2D eigenvalue weighted by Gasteiger charge is 2.31. The second-order valence-electron chi connectivity index (χ2n) is 3.85. The summed E-state index contributed by atoms with van der Waals surface area (Å²) in [6.07, 6.45) is -5.24. The van der Waals surface area contributed by atoms with Gasteiger partial charge in [-0.2, -0.15) is 0 Å². The Hall–Kier alpha value is -1.83. The Morgan fingerprint density at radius 1 is 1.40 bits per heavy atom. The van der Waals surface area contributed by atoms with Crippen LogP contribution in [0.4, 0.5) is 17.6 Å². The van der Waals surface area contributed by atoms with Gasteiger partial charge in [0.1, 0.15) is 11.6 Å². The molecule has 0 aliphatic rings. The minimum Gasteiger partial charge on any atom is -0.466 e. The van der Waals surface area contributed by atoms with E-state index in [0.717, 1.165) is 18.2 Å². The first-order valence-corrected chi connectivity index (χ1v) is 5.69. The van der Waals surface area contributed by atoms with Gasteiger partial charge in [-0.25, -0.2) is 4.39 Å². The van der Waals surface area contributed by atoms with E-state index in [1.165, 1.54) is 0 Å². The molecular formula is C12H13F4NO3. The lowest BCUT2D eigenvalue weighted by atomic mass is 10.0. The van der Waals surface area contributed by atoms with E-state index in [2.05, 4.69) is 9.47 Å². The molecule has 0 spiro atoms. The summed E-state index contributed by atoms with van der Waals surface area (Å²) in [5, 5.41) is 0. The third-order valence-corrected chi connectivity index (χ3v) is 2.29. The molecule has 2 N–H and O–H groups in total. The van der Waals surface area contributed by atoms with Crippen molar-refractivity contribution >= 4 is 5.97 Å². The van der Waals surface area contributed by atoms with Crippen molar-refractivity contribution in [2.45, 2.75) is 25.7 Å². The lowest BCUT2D eigenvalue weighted by molar-refractivity contribution is -0.274. The standard InChI is InChI=1S/C12H13F4NO3/c1-2-19-11(18)6-10(17)8-5-7(3-4-9(8)13)20-12(14,15)16/h3-5,10H,2,6,17H2,1H3/t10-/m0/s1. The van der Waals surface area contributed by atoms with Crippen molar-refractivity contribution in [1.82, 2.24) is 0 Å². The molecule has 0 saturated carbocycles. The van der Waals surface area contributed by atoms with E-state index in [-0.39, 0.29) is 18.6 Å². The van der Waals surface area contributed by atoms with Gasteiger partial charge in [0, 0.05) is 11.6 Å². The van der Waals surface area contributed by atoms with E-state index in [1.54, 1.807) is 6.92 Å². The van der Waals surface area contributed by atoms with Crippen molar-refractivity contribution in [2.24, 2.45) is 5.73 Å². The van der Waals surface area contributed by atoms with Crippen LogP contribution in [0.15, 0.2) is 18.2 Å². The van der Waals surface area contributed by atoms with Gasteiger partial charge in [-0.05, 0) is 25.1 Å². The van der Waals surface area contributed by atoms with Crippen molar-refractivity contribution in [3.63, 3.8) is 0 Å². The average molecular weight is 295 g/mol. The van der Waals surface area contributed by atoms with Crippen LogP contribution in [0.1, 0.15) is 24.9 Å². The van der Waals surface area contributed by atoms with E-state index >= 15 is 0 Å². The SMILES string of the molecule is CCOC(=O)C[C@H](N)c1cc(OC(F)(F)F)ccc1F. The molecule has 1 atom stereocenters. The number of ether oxygens (including phenoxy) is 2. The van der Waals surface area contributed by atoms with Gasteiger partial charge in [0.05, 0.1) is 13.0 Å². The van der Waals surface area contributed by atoms with Crippen LogP contribution in [0, 0.1) is 5.82 Å². The van der Waals surface area contributed by atoms with E-state index in [1.807, 2.05) is 0 Å². The van der Waals surface area contributed by atoms with Crippen molar-refractivity contribution in [3.8, 4) is 5.75 Å². The van der Waals surface area contributed by atoms with E-state index in [4.69, 9.17) is 5.73 Å². The number of carbonyl (C=O) groups excluding carboxylic acids is 1. The van der Waals surface area contributed by atoms with Crippen LogP contribution in [-0.4, -0.2) is 18.9 Å². The first-order valence-electron chi connectivity index (χ1n) is 5.69. The summed E-state index contributed by atoms with van der Waals surface area (Å²) in [6, 6.07) is 1.31. The Kier molecular flexibility index (Phi) is 5.32. The number of carbonyl (C=O) groups is 1. The van der Waals surface area contributed by atoms with Gasteiger partial charge in [-0.3, -0.25) is 4.79 Å². The lowest BCUT2D eigenvalue weighted by Gasteiger charge is -2.15. The number of rotatable bonds is 5. The molecule has 0 aliphatic carbocycles. The molecule has 0 aliphatic heterocycles. The third-order valence-electron chi connectivity index (χ3n) is 2.29. The molecule has 8 heteroatoms. The number of benzene rings is 1. The summed E-state index contributed by atoms with van der Waals surface area (Å²) in [5.74, 6) is -2.09. The molecule has 0 unspecified atom stereocenters. The van der Waals surface area contributed by atoms with Crippen LogP contribution in [-0.2, 0) is 9.53 Å². The highest BCUT2D eigenvalue weighted by molar-refractivity contribution is 5.70. The van der Waals surface area contributed by atoms with Crippen LogP contribution in [0.2, 0.25) is 0 Å². The maximum Gasteiger partial charge on any atom is 0.573 e. The second kappa shape index (κ2) is 6.56. The van der Waals surface area contributed by atoms with Crippen molar-refractivity contribution in [3.05, 3.63) is 29.6 Å². The van der Waals surface area contributed by atoms with E-state index < -0.39 is 29.9 Å². The number of halogens is 4. The highest BCUT2D eigenvalue weighted by atomic mass is 19.4. The van der Waals surface area contributed by atoms with Gasteiger partial charge in [0.2, 0.25) is 0 Å². The zero-order valence-electron chi connectivity index (χ0n) is 10.5. The topological polar surface area (TPSA) is 61.5 Å². The Morgan fingerprint density at radius 3 is 2.60 bits per heavy atom. The fourth-order valence-corrected chi connectivity index (χ4v) is 1.51. The Morgan fingerprint density at radius 2 is 2.05 bits per heavy atom. The zero-order chi connectivity index (χ0) is 15.3. The summed E-state index contributed by atoms with van der Waals surface area (Å²) in [5.41, 5.74) is 5.33. The second-order valence-corrected chi connectivity index (χ2v) is 3.85. The molecule has 0 bridgehead atoms. The van der Waals surface area contributed by atoms with Gasteiger partial charge < -0.3 is 15.2 Å². The number of hydrogen-bond donors (Lipinski definition) is 1. The average Bonchev–Trinajstić information content (AvgIpc) is 2.30. The molecule has 112 valence electrons. The van der Waals surface area contributed by atoms with Gasteiger partial charge in [0.15, 0.2) is 0 Å². The summed E-state index contributed by atoms with van der Waals surface area (Å²) in [7, 11) is 0. The summed E-state index contributed by atoms with van der Waals surface area (Å²) < 4.78 is 58.0. The fourth-order valence-electron chi connectivity index (χ4n) is 1.51. The smallest absolute Gasteiger partial charge is 0.466 e. The molecule has 0 amide bonds. The highest BCUT2D eigenvalue weighted by Crippen LogP contribution is 2.27. The minimum atomic E-state index is -4.89. The number of nitrogens with two attached hydrogens (primary N) is 1. The molecule has 1 rings (SSSR count). The molecule has 0 saturated heterocycles. The van der Waals surface area contributed by atoms with Gasteiger partial charge in [0.25, 0.3) is 0 Å². The Bertz CT molecular complexity index is 476. The van der Waals surface area contributed by atoms with Crippen molar-refractivity contribution in [2.75, 3.05) is 6.61 Å². The van der Waals surface area contributed by atoms with Crippen molar-refractivity contribution < 1.29 is 31.8 Å². The molecule has 1 aromatic rings. The molecular weight excluding hydrogens is 282 g/mol. The molecule has 0 fully saturated rings. The maximum atomic E-state index is 13.5. The third kappa shape index (κ3) is 5.04. The first-order chi connectivity index (χ1) is 9.23. The zero-order valence-corrected chi connectivity index (χ0v) is 10.5. The predicted molar refractivity (Wildman–Crippen MR) is 61.3 cm³/mol. The molecule has 1 aromatic carbocycles. The number of alkyl halides is 3. The van der Waals surface area contributed by atoms with Crippen LogP contribution in [0.5, 0.6) is 5.75 Å². The van der Waals surface area contributed by atoms with E-state index in [0.29, 0.717) is 0 Å². The summed E-state index contributed by atoms with van der Waals surface area (Å²) in [4.78, 5) is 11.2. The van der Waals surface area contributed by atoms with Gasteiger partial charge in [-0.1, -0.05) is 0 Å². The normalized spacial score (nSPS) is 12.9. The van der Waals surface area contributed by atoms with Gasteiger partial charge >= 0.3 is 12.3 Å². The maximum absolute atomic E-state index is 13.5. The largest absolute Gasteiger partial charge is 0.573 e. The number of esters is 1. The summed E-state index contributed by atoms with van der Waals surface area (Å²) >= 11 is 0. The molecule has 20 heavy (non-hydrogen) atoms. The molecule has 0 aromatic heterocycles. The molecule has 4 nitrogen and oxygen atoms in total. The molecule has 0 heterocycles. The minimum absolute atomic E-state index is 0.130. The van der Waals surface area contributed by atoms with Crippen LogP contribution in [0.3, 0.4) is 0 Å². The van der Waals surface area contributed by atoms with Crippen LogP contribution >= 0.6 is 0 Å². The summed E-state index contributed by atoms with van der Waals surface area (Å²) in [6.45, 7) is 1.72. The monoisotopic (exact) mass is 295 g/mol. The Labute approximate surface area is 112 Å². The van der Waals surface area contributed by atoms with Crippen LogP contribution < -0.4 is 10.5 Å². The fraction of sp³-hybridized carbons (Fsp3) is 0.417. The first kappa shape index (κ1) is 16.2. The quantitative estimate of drug-likeness (QED) is 0.670. The van der Waals surface area contributed by atoms with Crippen molar-refractivity contribution in [1.29, 1.82) is 0 Å². The van der Waals surface area contributed by atoms with Crippen LogP contribution in [0.25, 0.3) is 0 Å². The lowest BCUT2D eigenvalue weighted by Crippen LogP contribution is -2.20. The van der Waals surface area contributed by atoms with E-state index in [9.17, 15) is 22.4 Å². The van der Waals surface area contributed by atoms with Gasteiger partial charge in [-0.15, -0.1) is 13.2 Å². The molecule has 0 radical (unpaired) electrons. The number of hydrogen-bond acceptors (Lipinski definition) is 4.